The molecule has 0 fully saturated rings. The molecule has 0 saturated carbocycles. The summed E-state index contributed by atoms with van der Waals surface area (Å²) in [5.74, 6) is -2.80. The molecule has 0 saturated heterocycles. The quantitative estimate of drug-likeness (QED) is 0.705. The summed E-state index contributed by atoms with van der Waals surface area (Å²) in [7, 11) is 1.26. The van der Waals surface area contributed by atoms with E-state index in [1.807, 2.05) is 0 Å². The smallest absolute Gasteiger partial charge is 0.307 e. The Hall–Kier alpha value is -2.52. The summed E-state index contributed by atoms with van der Waals surface area (Å²) in [5, 5.41) is 10.2. The number of benzene rings is 1. The van der Waals surface area contributed by atoms with Crippen LogP contribution in [0.2, 0.25) is 0 Å². The van der Waals surface area contributed by atoms with E-state index in [2.05, 4.69) is 20.3 Å². The van der Waals surface area contributed by atoms with Crippen molar-refractivity contribution in [1.82, 2.24) is 20.4 Å². The topological polar surface area (TPSA) is 87.3 Å². The first kappa shape index (κ1) is 21.8. The van der Waals surface area contributed by atoms with Gasteiger partial charge in [0.15, 0.2) is 17.3 Å². The molecular weight excluding hydrogens is 394 g/mol. The molecule has 1 aliphatic heterocycles. The van der Waals surface area contributed by atoms with Crippen molar-refractivity contribution >= 4 is 24.3 Å². The number of hydrogen-bond donors (Lipinski definition) is 2. The number of nitrogens with one attached hydrogen (secondary N) is 2. The first-order valence-electron chi connectivity index (χ1n) is 8.56. The molecule has 28 heavy (non-hydrogen) atoms. The number of esters is 1. The summed E-state index contributed by atoms with van der Waals surface area (Å²) in [4.78, 5) is 25.9. The van der Waals surface area contributed by atoms with Crippen molar-refractivity contribution in [2.45, 2.75) is 25.9 Å². The van der Waals surface area contributed by atoms with Crippen molar-refractivity contribution in [3.05, 3.63) is 52.3 Å². The zero-order chi connectivity index (χ0) is 19.4. The van der Waals surface area contributed by atoms with E-state index in [0.717, 1.165) is 36.4 Å². The van der Waals surface area contributed by atoms with Crippen LogP contribution in [0.4, 0.5) is 8.78 Å². The number of carbonyl (C=O) groups is 2. The van der Waals surface area contributed by atoms with Gasteiger partial charge in [-0.25, -0.2) is 8.78 Å². The molecule has 0 aliphatic carbocycles. The number of aromatic amines is 1. The number of fused-ring (bicyclic) bond motifs is 1. The van der Waals surface area contributed by atoms with E-state index in [4.69, 9.17) is 0 Å². The predicted octanol–water partition coefficient (Wildman–Crippen LogP) is 1.96. The lowest BCUT2D eigenvalue weighted by atomic mass is 10.1. The Morgan fingerprint density at radius 3 is 2.79 bits per heavy atom. The molecule has 0 spiro atoms. The highest BCUT2D eigenvalue weighted by molar-refractivity contribution is 5.94. The van der Waals surface area contributed by atoms with Crippen molar-refractivity contribution in [3.8, 4) is 0 Å². The molecule has 0 atom stereocenters. The van der Waals surface area contributed by atoms with E-state index >= 15 is 0 Å². The molecule has 7 nitrogen and oxygen atoms in total. The lowest BCUT2D eigenvalue weighted by Crippen LogP contribution is -2.34. The van der Waals surface area contributed by atoms with Gasteiger partial charge < -0.3 is 15.0 Å². The Labute approximate surface area is 166 Å². The molecule has 10 heteroatoms. The minimum absolute atomic E-state index is 0. The Balaban J connectivity index is 0.00000280. The van der Waals surface area contributed by atoms with Crippen molar-refractivity contribution in [2.75, 3.05) is 20.2 Å². The highest BCUT2D eigenvalue weighted by Crippen LogP contribution is 2.19. The predicted molar refractivity (Wildman–Crippen MR) is 99.0 cm³/mol. The fraction of sp³-hybridized carbons (Fsp3) is 0.389. The van der Waals surface area contributed by atoms with Gasteiger partial charge in [-0.05, 0) is 17.7 Å². The largest absolute Gasteiger partial charge is 0.469 e. The average Bonchev–Trinajstić information content (AvgIpc) is 3.11. The monoisotopic (exact) mass is 414 g/mol. The number of H-pyrrole nitrogens is 1. The SMILES string of the molecule is COC(=O)CCN(Cc1ccc(F)c(F)c1)C(=O)c1n[nH]c2c1CNCC2.Cl. The number of rotatable bonds is 6. The van der Waals surface area contributed by atoms with Crippen molar-refractivity contribution in [2.24, 2.45) is 0 Å². The lowest BCUT2D eigenvalue weighted by molar-refractivity contribution is -0.140. The van der Waals surface area contributed by atoms with Crippen molar-refractivity contribution in [3.63, 3.8) is 0 Å². The van der Waals surface area contributed by atoms with E-state index in [-0.39, 0.29) is 43.5 Å². The number of hydrogen-bond acceptors (Lipinski definition) is 5. The fourth-order valence-corrected chi connectivity index (χ4v) is 2.99. The van der Waals surface area contributed by atoms with Gasteiger partial charge in [-0.2, -0.15) is 5.10 Å². The van der Waals surface area contributed by atoms with Gasteiger partial charge in [0, 0.05) is 43.9 Å². The third-order valence-corrected chi connectivity index (χ3v) is 4.47. The van der Waals surface area contributed by atoms with E-state index in [1.54, 1.807) is 0 Å². The second-order valence-corrected chi connectivity index (χ2v) is 6.26. The summed E-state index contributed by atoms with van der Waals surface area (Å²) in [6.07, 6.45) is 0.720. The average molecular weight is 415 g/mol. The van der Waals surface area contributed by atoms with Crippen LogP contribution in [0.15, 0.2) is 18.2 Å². The normalized spacial score (nSPS) is 12.7. The van der Waals surface area contributed by atoms with Gasteiger partial charge in [0.2, 0.25) is 0 Å². The molecule has 0 bridgehead atoms. The van der Waals surface area contributed by atoms with E-state index in [0.29, 0.717) is 12.1 Å². The summed E-state index contributed by atoms with van der Waals surface area (Å²) < 4.78 is 31.3. The molecule has 0 unspecified atom stereocenters. The Morgan fingerprint density at radius 1 is 1.29 bits per heavy atom. The van der Waals surface area contributed by atoms with Gasteiger partial charge in [0.1, 0.15) is 0 Å². The van der Waals surface area contributed by atoms with Crippen LogP contribution < -0.4 is 5.32 Å². The maximum Gasteiger partial charge on any atom is 0.307 e. The molecule has 0 radical (unpaired) electrons. The van der Waals surface area contributed by atoms with Crippen LogP contribution >= 0.6 is 12.4 Å². The highest BCUT2D eigenvalue weighted by Gasteiger charge is 2.26. The van der Waals surface area contributed by atoms with Gasteiger partial charge in [0.05, 0.1) is 13.5 Å². The molecule has 3 rings (SSSR count). The summed E-state index contributed by atoms with van der Waals surface area (Å²) in [6, 6.07) is 3.45. The molecular formula is C18H21ClF2N4O3. The number of amides is 1. The number of carbonyl (C=O) groups excluding carboxylic acids is 2. The van der Waals surface area contributed by atoms with E-state index in [9.17, 15) is 18.4 Å². The second-order valence-electron chi connectivity index (χ2n) is 6.26. The maximum atomic E-state index is 13.5. The molecule has 1 aromatic heterocycles. The molecule has 1 aliphatic rings. The molecule has 1 amide bonds. The first-order chi connectivity index (χ1) is 13.0. The fourth-order valence-electron chi connectivity index (χ4n) is 2.99. The van der Waals surface area contributed by atoms with Gasteiger partial charge in [-0.3, -0.25) is 14.7 Å². The van der Waals surface area contributed by atoms with Gasteiger partial charge >= 0.3 is 5.97 Å². The molecule has 2 N–H and O–H groups in total. The Morgan fingerprint density at radius 2 is 2.07 bits per heavy atom. The molecule has 1 aromatic carbocycles. The van der Waals surface area contributed by atoms with Crippen LogP contribution in [0.25, 0.3) is 0 Å². The zero-order valence-corrected chi connectivity index (χ0v) is 16.1. The number of halogens is 3. The van der Waals surface area contributed by atoms with Crippen LogP contribution in [0, 0.1) is 11.6 Å². The zero-order valence-electron chi connectivity index (χ0n) is 15.3. The standard InChI is InChI=1S/C18H20F2N4O3.ClH/c1-27-16(25)5-7-24(10-11-2-3-13(19)14(20)8-11)18(26)17-12-9-21-6-4-15(12)22-23-17;/h2-3,8,21H,4-7,9-10H2,1H3,(H,22,23);1H. The van der Waals surface area contributed by atoms with Crippen LogP contribution in [0.5, 0.6) is 0 Å². The third-order valence-electron chi connectivity index (χ3n) is 4.47. The second kappa shape index (κ2) is 9.61. The minimum atomic E-state index is -0.991. The minimum Gasteiger partial charge on any atom is -0.469 e. The van der Waals surface area contributed by atoms with Gasteiger partial charge in [-0.15, -0.1) is 12.4 Å². The van der Waals surface area contributed by atoms with E-state index < -0.39 is 17.6 Å². The number of nitrogens with zero attached hydrogens (tertiary/aromatic N) is 2. The van der Waals surface area contributed by atoms with Gasteiger partial charge in [-0.1, -0.05) is 6.07 Å². The number of methoxy groups -OCH3 is 1. The van der Waals surface area contributed by atoms with Gasteiger partial charge in [0.25, 0.3) is 5.91 Å². The Kier molecular flexibility index (Phi) is 7.47. The van der Waals surface area contributed by atoms with E-state index in [1.165, 1.54) is 18.1 Å². The summed E-state index contributed by atoms with van der Waals surface area (Å²) in [6.45, 7) is 1.40. The van der Waals surface area contributed by atoms with Crippen molar-refractivity contribution in [1.29, 1.82) is 0 Å². The molecule has 2 aromatic rings. The van der Waals surface area contributed by atoms with Crippen LogP contribution in [0.1, 0.15) is 33.7 Å². The summed E-state index contributed by atoms with van der Waals surface area (Å²) in [5.41, 5.74) is 2.37. The third kappa shape index (κ3) is 4.85. The number of ether oxygens (including phenoxy) is 1. The van der Waals surface area contributed by atoms with Crippen LogP contribution in [-0.4, -0.2) is 47.2 Å². The van der Waals surface area contributed by atoms with Crippen molar-refractivity contribution < 1.29 is 23.1 Å². The maximum absolute atomic E-state index is 13.5. The van der Waals surface area contributed by atoms with Crippen LogP contribution in [-0.2, 0) is 29.0 Å². The number of aromatic nitrogens is 2. The molecule has 152 valence electrons. The summed E-state index contributed by atoms with van der Waals surface area (Å²) >= 11 is 0. The Bertz CT molecular complexity index is 859. The van der Waals surface area contributed by atoms with Crippen LogP contribution in [0.3, 0.4) is 0 Å². The molecule has 2 heterocycles. The highest BCUT2D eigenvalue weighted by atomic mass is 35.5. The first-order valence-corrected chi connectivity index (χ1v) is 8.56. The lowest BCUT2D eigenvalue weighted by Gasteiger charge is -2.23.